The van der Waals surface area contributed by atoms with Crippen LogP contribution in [0.25, 0.3) is 5.70 Å². The van der Waals surface area contributed by atoms with E-state index in [-0.39, 0.29) is 5.41 Å². The van der Waals surface area contributed by atoms with Crippen molar-refractivity contribution < 1.29 is 0 Å². The highest BCUT2D eigenvalue weighted by Gasteiger charge is 2.22. The number of hydrogen-bond donors (Lipinski definition) is 0. The molecule has 2 aromatic carbocycles. The molecule has 0 saturated carbocycles. The van der Waals surface area contributed by atoms with Crippen LogP contribution in [0.2, 0.25) is 0 Å². The first-order valence-electron chi connectivity index (χ1n) is 7.27. The number of nitrogens with zero attached hydrogens (tertiary/aromatic N) is 2. The molecule has 0 N–H and O–H groups in total. The lowest BCUT2D eigenvalue weighted by Crippen LogP contribution is -2.18. The van der Waals surface area contributed by atoms with E-state index >= 15 is 0 Å². The van der Waals surface area contributed by atoms with Gasteiger partial charge < -0.3 is 0 Å². The van der Waals surface area contributed by atoms with E-state index in [0.29, 0.717) is 0 Å². The molecule has 1 aliphatic heterocycles. The summed E-state index contributed by atoms with van der Waals surface area (Å²) >= 11 is 1.67. The maximum absolute atomic E-state index is 9.58. The average Bonchev–Trinajstić information content (AvgIpc) is 2.53. The van der Waals surface area contributed by atoms with Gasteiger partial charge in [-0.25, -0.2) is 4.90 Å². The van der Waals surface area contributed by atoms with Crippen molar-refractivity contribution in [2.45, 2.75) is 31.1 Å². The fraction of sp³-hybridized carbons (Fsp3) is 0.211. The standard InChI is InChI=1S/C19H18N2S/c1-19(2,3)15-10-8-14(9-11-15)17-12-22-18-7-5-4-6-16(18)21(17)13-20/h4-12H,1-3H3. The van der Waals surface area contributed by atoms with Crippen LogP contribution in [0.4, 0.5) is 5.69 Å². The fourth-order valence-electron chi connectivity index (χ4n) is 2.49. The number of fused-ring (bicyclic) bond motifs is 1. The molecule has 0 aliphatic carbocycles. The van der Waals surface area contributed by atoms with Gasteiger partial charge in [0.15, 0.2) is 6.19 Å². The van der Waals surface area contributed by atoms with E-state index in [4.69, 9.17) is 0 Å². The minimum atomic E-state index is 0.135. The van der Waals surface area contributed by atoms with E-state index in [1.165, 1.54) is 5.56 Å². The van der Waals surface area contributed by atoms with Crippen molar-refractivity contribution in [2.75, 3.05) is 4.90 Å². The molecule has 0 atom stereocenters. The Balaban J connectivity index is 1.99. The molecule has 3 heteroatoms. The van der Waals surface area contributed by atoms with Crippen molar-refractivity contribution in [3.63, 3.8) is 0 Å². The topological polar surface area (TPSA) is 27.0 Å². The summed E-state index contributed by atoms with van der Waals surface area (Å²) in [6.07, 6.45) is 2.31. The predicted octanol–water partition coefficient (Wildman–Crippen LogP) is 5.38. The summed E-state index contributed by atoms with van der Waals surface area (Å²) in [6.45, 7) is 6.61. The zero-order valence-electron chi connectivity index (χ0n) is 13.0. The Morgan fingerprint density at radius 3 is 2.32 bits per heavy atom. The molecule has 2 aromatic rings. The van der Waals surface area contributed by atoms with Gasteiger partial charge in [0.05, 0.1) is 11.4 Å². The second kappa shape index (κ2) is 5.55. The summed E-state index contributed by atoms with van der Waals surface area (Å²) in [7, 11) is 0. The van der Waals surface area contributed by atoms with Crippen molar-refractivity contribution in [3.8, 4) is 6.19 Å². The van der Waals surface area contributed by atoms with Gasteiger partial charge in [-0.2, -0.15) is 5.26 Å². The minimum absolute atomic E-state index is 0.135. The van der Waals surface area contributed by atoms with Gasteiger partial charge in [-0.1, -0.05) is 68.9 Å². The van der Waals surface area contributed by atoms with Crippen LogP contribution >= 0.6 is 11.8 Å². The first-order valence-corrected chi connectivity index (χ1v) is 8.15. The minimum Gasteiger partial charge on any atom is -0.245 e. The van der Waals surface area contributed by atoms with E-state index in [0.717, 1.165) is 21.8 Å². The molecule has 0 amide bonds. The number of rotatable bonds is 1. The molecule has 22 heavy (non-hydrogen) atoms. The zero-order chi connectivity index (χ0) is 15.7. The number of para-hydroxylation sites is 1. The number of thioether (sulfide) groups is 1. The first-order chi connectivity index (χ1) is 10.5. The lowest BCUT2D eigenvalue weighted by molar-refractivity contribution is 0.590. The van der Waals surface area contributed by atoms with Crippen LogP contribution in [0, 0.1) is 11.5 Å². The second-order valence-corrected chi connectivity index (χ2v) is 7.26. The monoisotopic (exact) mass is 306 g/mol. The Bertz CT molecular complexity index is 761. The molecule has 1 heterocycles. The van der Waals surface area contributed by atoms with Crippen LogP contribution in [-0.4, -0.2) is 0 Å². The predicted molar refractivity (Wildman–Crippen MR) is 93.5 cm³/mol. The lowest BCUT2D eigenvalue weighted by atomic mass is 9.86. The van der Waals surface area contributed by atoms with Gasteiger partial charge in [0.25, 0.3) is 0 Å². The first kappa shape index (κ1) is 14.7. The fourth-order valence-corrected chi connectivity index (χ4v) is 3.41. The molecule has 0 saturated heterocycles. The van der Waals surface area contributed by atoms with Gasteiger partial charge in [-0.3, -0.25) is 0 Å². The number of nitriles is 1. The third-order valence-electron chi connectivity index (χ3n) is 3.79. The molecule has 110 valence electrons. The van der Waals surface area contributed by atoms with E-state index < -0.39 is 0 Å². The van der Waals surface area contributed by atoms with E-state index in [2.05, 4.69) is 56.6 Å². The molecular formula is C19H18N2S. The van der Waals surface area contributed by atoms with Crippen molar-refractivity contribution in [2.24, 2.45) is 0 Å². The Hall–Kier alpha value is -2.18. The van der Waals surface area contributed by atoms with Crippen LogP contribution < -0.4 is 4.90 Å². The van der Waals surface area contributed by atoms with Gasteiger partial charge in [0.1, 0.15) is 0 Å². The molecule has 0 radical (unpaired) electrons. The Morgan fingerprint density at radius 1 is 1.00 bits per heavy atom. The van der Waals surface area contributed by atoms with Gasteiger partial charge in [0.2, 0.25) is 0 Å². The van der Waals surface area contributed by atoms with Gasteiger partial charge in [0, 0.05) is 10.3 Å². The second-order valence-electron chi connectivity index (χ2n) is 6.35. The largest absolute Gasteiger partial charge is 0.245 e. The number of benzene rings is 2. The average molecular weight is 306 g/mol. The molecule has 2 nitrogen and oxygen atoms in total. The van der Waals surface area contributed by atoms with Crippen LogP contribution in [0.1, 0.15) is 31.9 Å². The van der Waals surface area contributed by atoms with Crippen LogP contribution in [-0.2, 0) is 5.41 Å². The normalized spacial score (nSPS) is 14.1. The number of hydrogen-bond acceptors (Lipinski definition) is 3. The van der Waals surface area contributed by atoms with Crippen molar-refractivity contribution >= 4 is 23.1 Å². The molecule has 0 fully saturated rings. The number of anilines is 1. The highest BCUT2D eigenvalue weighted by molar-refractivity contribution is 8.02. The van der Waals surface area contributed by atoms with Crippen LogP contribution in [0.5, 0.6) is 0 Å². The zero-order valence-corrected chi connectivity index (χ0v) is 13.8. The summed E-state index contributed by atoms with van der Waals surface area (Å²) in [6, 6.07) is 16.5. The van der Waals surface area contributed by atoms with Crippen molar-refractivity contribution in [1.29, 1.82) is 5.26 Å². The maximum Gasteiger partial charge on any atom is 0.189 e. The Labute approximate surface area is 136 Å². The summed E-state index contributed by atoms with van der Waals surface area (Å²) in [5.41, 5.74) is 4.38. The summed E-state index contributed by atoms with van der Waals surface area (Å²) in [4.78, 5) is 2.82. The highest BCUT2D eigenvalue weighted by Crippen LogP contribution is 2.41. The third-order valence-corrected chi connectivity index (χ3v) is 4.73. The van der Waals surface area contributed by atoms with Crippen molar-refractivity contribution in [3.05, 3.63) is 65.1 Å². The SMILES string of the molecule is CC(C)(C)c1ccc(C2=CSc3ccccc3N2C#N)cc1. The van der Waals surface area contributed by atoms with Gasteiger partial charge in [-0.05, 0) is 28.7 Å². The van der Waals surface area contributed by atoms with E-state index in [1.807, 2.05) is 24.3 Å². The van der Waals surface area contributed by atoms with Crippen LogP contribution in [0.3, 0.4) is 0 Å². The lowest BCUT2D eigenvalue weighted by Gasteiger charge is -2.26. The highest BCUT2D eigenvalue weighted by atomic mass is 32.2. The smallest absolute Gasteiger partial charge is 0.189 e. The summed E-state index contributed by atoms with van der Waals surface area (Å²) in [5, 5.41) is 11.6. The van der Waals surface area contributed by atoms with E-state index in [9.17, 15) is 5.26 Å². The Kier molecular flexibility index (Phi) is 3.72. The third kappa shape index (κ3) is 2.63. The van der Waals surface area contributed by atoms with Crippen molar-refractivity contribution in [1.82, 2.24) is 0 Å². The molecule has 0 aromatic heterocycles. The maximum atomic E-state index is 9.58. The molecule has 3 rings (SSSR count). The summed E-state index contributed by atoms with van der Waals surface area (Å²) < 4.78 is 0. The van der Waals surface area contributed by atoms with Gasteiger partial charge in [-0.15, -0.1) is 0 Å². The molecular weight excluding hydrogens is 288 g/mol. The molecule has 1 aliphatic rings. The van der Waals surface area contributed by atoms with Gasteiger partial charge >= 0.3 is 0 Å². The van der Waals surface area contributed by atoms with Crippen LogP contribution in [0.15, 0.2) is 58.8 Å². The molecule has 0 bridgehead atoms. The quantitative estimate of drug-likeness (QED) is 0.662. The Morgan fingerprint density at radius 2 is 1.68 bits per heavy atom. The molecule has 0 spiro atoms. The molecule has 0 unspecified atom stereocenters. The summed E-state index contributed by atoms with van der Waals surface area (Å²) in [5.74, 6) is 0. The van der Waals surface area contributed by atoms with E-state index in [1.54, 1.807) is 16.7 Å².